The summed E-state index contributed by atoms with van der Waals surface area (Å²) < 4.78 is 5.27. The Morgan fingerprint density at radius 1 is 1.13 bits per heavy atom. The molecule has 31 heavy (non-hydrogen) atoms. The van der Waals surface area contributed by atoms with E-state index in [-0.39, 0.29) is 17.2 Å². The minimum absolute atomic E-state index is 0.0216. The van der Waals surface area contributed by atoms with E-state index in [0.29, 0.717) is 57.3 Å². The van der Waals surface area contributed by atoms with Gasteiger partial charge in [0.25, 0.3) is 0 Å². The lowest BCUT2D eigenvalue weighted by molar-refractivity contribution is -0.133. The molecule has 1 fully saturated rings. The first-order valence-corrected chi connectivity index (χ1v) is 11.0. The second kappa shape index (κ2) is 10.0. The van der Waals surface area contributed by atoms with E-state index in [4.69, 9.17) is 4.52 Å². The molecule has 2 aromatic rings. The van der Waals surface area contributed by atoms with Crippen LogP contribution < -0.4 is 5.32 Å². The zero-order valence-corrected chi connectivity index (χ0v) is 19.0. The summed E-state index contributed by atoms with van der Waals surface area (Å²) in [5.74, 6) is 1.22. The van der Waals surface area contributed by atoms with E-state index in [1.54, 1.807) is 0 Å². The lowest BCUT2D eigenvalue weighted by Gasteiger charge is -2.34. The fourth-order valence-electron chi connectivity index (χ4n) is 3.53. The van der Waals surface area contributed by atoms with E-state index in [9.17, 15) is 9.59 Å². The SMILES string of the molecule is CCc1ccccc1NC(=O)CN1CCN(C(=O)CCc2nc(C(C)(C)C)no2)CC1. The molecule has 0 aliphatic carbocycles. The topological polar surface area (TPSA) is 91.6 Å². The van der Waals surface area contributed by atoms with Crippen LogP contribution in [0.2, 0.25) is 0 Å². The fourth-order valence-corrected chi connectivity index (χ4v) is 3.53. The van der Waals surface area contributed by atoms with Gasteiger partial charge in [-0.25, -0.2) is 0 Å². The number of carbonyl (C=O) groups is 2. The Balaban J connectivity index is 1.41. The van der Waals surface area contributed by atoms with Gasteiger partial charge in [-0.15, -0.1) is 0 Å². The van der Waals surface area contributed by atoms with E-state index in [1.807, 2.05) is 49.9 Å². The number of aromatic nitrogens is 2. The quantitative estimate of drug-likeness (QED) is 0.730. The number of piperazine rings is 1. The summed E-state index contributed by atoms with van der Waals surface area (Å²) in [6.07, 6.45) is 1.67. The number of aryl methyl sites for hydroxylation is 2. The fraction of sp³-hybridized carbons (Fsp3) is 0.565. The van der Waals surface area contributed by atoms with E-state index < -0.39 is 0 Å². The van der Waals surface area contributed by atoms with Gasteiger partial charge in [-0.3, -0.25) is 14.5 Å². The second-order valence-corrected chi connectivity index (χ2v) is 8.98. The van der Waals surface area contributed by atoms with Crippen LogP contribution in [0.5, 0.6) is 0 Å². The number of carbonyl (C=O) groups excluding carboxylic acids is 2. The van der Waals surface area contributed by atoms with Crippen LogP contribution in [0.15, 0.2) is 28.8 Å². The average molecular weight is 428 g/mol. The number of anilines is 1. The van der Waals surface area contributed by atoms with Crippen molar-refractivity contribution < 1.29 is 14.1 Å². The Morgan fingerprint density at radius 2 is 1.84 bits per heavy atom. The highest BCUT2D eigenvalue weighted by Crippen LogP contribution is 2.19. The number of para-hydroxylation sites is 1. The van der Waals surface area contributed by atoms with Gasteiger partial charge >= 0.3 is 0 Å². The summed E-state index contributed by atoms with van der Waals surface area (Å²) >= 11 is 0. The van der Waals surface area contributed by atoms with Crippen LogP contribution in [-0.2, 0) is 27.8 Å². The Kier molecular flexibility index (Phi) is 7.43. The van der Waals surface area contributed by atoms with Crippen LogP contribution in [0, 0.1) is 0 Å². The van der Waals surface area contributed by atoms with Crippen molar-refractivity contribution in [3.05, 3.63) is 41.5 Å². The Bertz CT molecular complexity index is 895. The molecular weight excluding hydrogens is 394 g/mol. The highest BCUT2D eigenvalue weighted by atomic mass is 16.5. The maximum absolute atomic E-state index is 12.6. The van der Waals surface area contributed by atoms with Crippen LogP contribution in [0.25, 0.3) is 0 Å². The molecule has 1 saturated heterocycles. The summed E-state index contributed by atoms with van der Waals surface area (Å²) in [6.45, 7) is 11.1. The van der Waals surface area contributed by atoms with E-state index >= 15 is 0 Å². The number of nitrogens with one attached hydrogen (secondary N) is 1. The molecule has 0 spiro atoms. The third-order valence-electron chi connectivity index (χ3n) is 5.46. The predicted octanol–water partition coefficient (Wildman–Crippen LogP) is 2.65. The number of nitrogens with zero attached hydrogens (tertiary/aromatic N) is 4. The molecular formula is C23H33N5O3. The van der Waals surface area contributed by atoms with Crippen molar-refractivity contribution in [3.8, 4) is 0 Å². The lowest BCUT2D eigenvalue weighted by atomic mass is 9.96. The molecule has 3 rings (SSSR count). The van der Waals surface area contributed by atoms with Crippen molar-refractivity contribution in [1.82, 2.24) is 19.9 Å². The molecule has 1 N–H and O–H groups in total. The summed E-state index contributed by atoms with van der Waals surface area (Å²) in [5, 5.41) is 7.01. The first-order valence-electron chi connectivity index (χ1n) is 11.0. The largest absolute Gasteiger partial charge is 0.340 e. The molecule has 0 saturated carbocycles. The van der Waals surface area contributed by atoms with Crippen LogP contribution in [0.1, 0.15) is 51.4 Å². The molecule has 2 amide bonds. The predicted molar refractivity (Wildman–Crippen MR) is 119 cm³/mol. The van der Waals surface area contributed by atoms with Gasteiger partial charge in [0.05, 0.1) is 6.54 Å². The molecule has 8 heteroatoms. The summed E-state index contributed by atoms with van der Waals surface area (Å²) in [7, 11) is 0. The number of benzene rings is 1. The zero-order valence-electron chi connectivity index (χ0n) is 19.0. The molecule has 0 atom stereocenters. The van der Waals surface area contributed by atoms with Gasteiger partial charge in [-0.05, 0) is 18.1 Å². The van der Waals surface area contributed by atoms with E-state index in [1.165, 1.54) is 0 Å². The van der Waals surface area contributed by atoms with Gasteiger partial charge in [-0.1, -0.05) is 51.1 Å². The minimum atomic E-state index is -0.174. The van der Waals surface area contributed by atoms with Gasteiger partial charge in [-0.2, -0.15) is 4.98 Å². The van der Waals surface area contributed by atoms with Gasteiger partial charge in [0.1, 0.15) is 0 Å². The Hall–Kier alpha value is -2.74. The Morgan fingerprint density at radius 3 is 2.48 bits per heavy atom. The number of hydrogen-bond acceptors (Lipinski definition) is 6. The summed E-state index contributed by atoms with van der Waals surface area (Å²) in [5.41, 5.74) is 1.83. The number of rotatable bonds is 7. The van der Waals surface area contributed by atoms with Crippen molar-refractivity contribution in [1.29, 1.82) is 0 Å². The molecule has 8 nitrogen and oxygen atoms in total. The summed E-state index contributed by atoms with van der Waals surface area (Å²) in [4.78, 5) is 33.3. The normalized spacial score (nSPS) is 15.2. The van der Waals surface area contributed by atoms with Crippen LogP contribution >= 0.6 is 0 Å². The third-order valence-corrected chi connectivity index (χ3v) is 5.46. The molecule has 1 aliphatic rings. The maximum Gasteiger partial charge on any atom is 0.238 e. The molecule has 1 aromatic heterocycles. The highest BCUT2D eigenvalue weighted by Gasteiger charge is 2.24. The van der Waals surface area contributed by atoms with Crippen LogP contribution in [0.4, 0.5) is 5.69 Å². The average Bonchev–Trinajstić information content (AvgIpc) is 3.22. The smallest absolute Gasteiger partial charge is 0.238 e. The molecule has 0 bridgehead atoms. The zero-order chi connectivity index (χ0) is 22.4. The maximum atomic E-state index is 12.6. The van der Waals surface area contributed by atoms with Gasteiger partial charge in [0.15, 0.2) is 5.82 Å². The lowest BCUT2D eigenvalue weighted by Crippen LogP contribution is -2.50. The minimum Gasteiger partial charge on any atom is -0.340 e. The van der Waals surface area contributed by atoms with Crippen molar-refractivity contribution in [2.75, 3.05) is 38.0 Å². The summed E-state index contributed by atoms with van der Waals surface area (Å²) in [6, 6.07) is 7.86. The third kappa shape index (κ3) is 6.37. The van der Waals surface area contributed by atoms with Gasteiger partial charge in [0, 0.05) is 50.1 Å². The highest BCUT2D eigenvalue weighted by molar-refractivity contribution is 5.93. The Labute approximate surface area is 184 Å². The number of amides is 2. The second-order valence-electron chi connectivity index (χ2n) is 8.98. The van der Waals surface area contributed by atoms with Crippen LogP contribution in [0.3, 0.4) is 0 Å². The van der Waals surface area contributed by atoms with E-state index in [0.717, 1.165) is 17.7 Å². The molecule has 0 radical (unpaired) electrons. The molecule has 2 heterocycles. The van der Waals surface area contributed by atoms with E-state index in [2.05, 4.69) is 27.3 Å². The monoisotopic (exact) mass is 427 g/mol. The van der Waals surface area contributed by atoms with Crippen LogP contribution in [-0.4, -0.2) is 64.5 Å². The first-order chi connectivity index (χ1) is 14.8. The van der Waals surface area contributed by atoms with Crippen molar-refractivity contribution >= 4 is 17.5 Å². The molecule has 168 valence electrons. The van der Waals surface area contributed by atoms with Crippen molar-refractivity contribution in [2.45, 2.75) is 52.4 Å². The van der Waals surface area contributed by atoms with Gasteiger partial charge < -0.3 is 14.7 Å². The van der Waals surface area contributed by atoms with Crippen molar-refractivity contribution in [2.24, 2.45) is 0 Å². The van der Waals surface area contributed by atoms with Crippen molar-refractivity contribution in [3.63, 3.8) is 0 Å². The molecule has 0 unspecified atom stereocenters. The molecule has 1 aromatic carbocycles. The first kappa shape index (κ1) is 22.9. The standard InChI is InChI=1S/C23H33N5O3/c1-5-17-8-6-7-9-18(17)24-19(29)16-27-12-14-28(15-13-27)21(30)11-10-20-25-22(26-31-20)23(2,3)4/h6-9H,5,10-16H2,1-4H3,(H,24,29). The molecule has 1 aliphatic heterocycles. The van der Waals surface area contributed by atoms with Gasteiger partial charge in [0.2, 0.25) is 17.7 Å². The number of hydrogen-bond donors (Lipinski definition) is 1.